The fraction of sp³-hybridized carbons (Fsp3) is 1.00. The molecule has 68 valence electrons. The number of nitrogens with one attached hydrogen (secondary N) is 1. The molecule has 0 bridgehead atoms. The van der Waals surface area contributed by atoms with Crippen LogP contribution in [0.4, 0.5) is 0 Å². The first-order valence-electron chi connectivity index (χ1n) is 4.04. The van der Waals surface area contributed by atoms with Crippen molar-refractivity contribution < 1.29 is 10.2 Å². The zero-order valence-corrected chi connectivity index (χ0v) is 7.59. The van der Waals surface area contributed by atoms with E-state index in [-0.39, 0.29) is 18.2 Å². The first kappa shape index (κ1) is 10.9. The number of aliphatic hydroxyl groups excluding tert-OH is 2. The van der Waals surface area contributed by atoms with E-state index in [9.17, 15) is 5.11 Å². The Morgan fingerprint density at radius 3 is 2.36 bits per heavy atom. The number of hydrogen-bond acceptors (Lipinski definition) is 3. The zero-order valence-electron chi connectivity index (χ0n) is 7.59. The van der Waals surface area contributed by atoms with Crippen LogP contribution in [0.1, 0.15) is 27.2 Å². The molecule has 0 aliphatic heterocycles. The third-order valence-electron chi connectivity index (χ3n) is 1.96. The second-order valence-corrected chi connectivity index (χ2v) is 3.40. The van der Waals surface area contributed by atoms with E-state index in [1.54, 1.807) is 6.92 Å². The molecule has 3 nitrogen and oxygen atoms in total. The van der Waals surface area contributed by atoms with Crippen LogP contribution in [-0.2, 0) is 0 Å². The Bertz CT molecular complexity index is 102. The van der Waals surface area contributed by atoms with Crippen LogP contribution in [0.3, 0.4) is 0 Å². The summed E-state index contributed by atoms with van der Waals surface area (Å²) in [5, 5.41) is 20.9. The minimum absolute atomic E-state index is 0.197. The van der Waals surface area contributed by atoms with Crippen molar-refractivity contribution in [2.45, 2.75) is 38.8 Å². The standard InChI is InChI=1S/C8H19NO2/c1-7(11)8(2,3)9-5-4-6-10/h7,9-11H,4-6H2,1-3H3. The molecule has 0 aromatic carbocycles. The predicted octanol–water partition coefficient (Wildman–Crippen LogP) is 0.118. The summed E-state index contributed by atoms with van der Waals surface area (Å²) in [7, 11) is 0. The molecular formula is C8H19NO2. The second kappa shape index (κ2) is 4.70. The lowest BCUT2D eigenvalue weighted by molar-refractivity contribution is 0.0954. The van der Waals surface area contributed by atoms with Gasteiger partial charge in [0, 0.05) is 12.1 Å². The molecule has 0 saturated heterocycles. The quantitative estimate of drug-likeness (QED) is 0.502. The van der Waals surface area contributed by atoms with Gasteiger partial charge in [0.2, 0.25) is 0 Å². The normalized spacial score (nSPS) is 15.0. The largest absolute Gasteiger partial charge is 0.396 e. The maximum Gasteiger partial charge on any atom is 0.0688 e. The van der Waals surface area contributed by atoms with Crippen LogP contribution in [0.25, 0.3) is 0 Å². The Labute approximate surface area is 68.4 Å². The topological polar surface area (TPSA) is 52.5 Å². The van der Waals surface area contributed by atoms with Gasteiger partial charge in [0.15, 0.2) is 0 Å². The minimum atomic E-state index is -0.374. The van der Waals surface area contributed by atoms with Crippen molar-refractivity contribution in [2.24, 2.45) is 0 Å². The zero-order chi connectivity index (χ0) is 8.91. The monoisotopic (exact) mass is 161 g/mol. The molecule has 1 unspecified atom stereocenters. The first-order chi connectivity index (χ1) is 5.00. The Balaban J connectivity index is 3.55. The van der Waals surface area contributed by atoms with Crippen molar-refractivity contribution in [1.82, 2.24) is 5.32 Å². The van der Waals surface area contributed by atoms with Crippen LogP contribution in [0.5, 0.6) is 0 Å². The van der Waals surface area contributed by atoms with Crippen LogP contribution < -0.4 is 5.32 Å². The molecule has 0 aromatic rings. The molecule has 11 heavy (non-hydrogen) atoms. The summed E-state index contributed by atoms with van der Waals surface area (Å²) >= 11 is 0. The van der Waals surface area contributed by atoms with Gasteiger partial charge in [-0.3, -0.25) is 0 Å². The van der Waals surface area contributed by atoms with Crippen molar-refractivity contribution in [2.75, 3.05) is 13.2 Å². The number of aliphatic hydroxyl groups is 2. The molecule has 0 amide bonds. The number of rotatable bonds is 5. The maximum absolute atomic E-state index is 9.25. The van der Waals surface area contributed by atoms with E-state index in [1.165, 1.54) is 0 Å². The van der Waals surface area contributed by atoms with Crippen LogP contribution in [0.2, 0.25) is 0 Å². The van der Waals surface area contributed by atoms with E-state index in [1.807, 2.05) is 13.8 Å². The van der Waals surface area contributed by atoms with Crippen LogP contribution in [-0.4, -0.2) is 35.0 Å². The summed E-state index contributed by atoms with van der Waals surface area (Å²) in [6.07, 6.45) is 0.358. The van der Waals surface area contributed by atoms with Crippen molar-refractivity contribution in [3.05, 3.63) is 0 Å². The molecule has 3 heteroatoms. The van der Waals surface area contributed by atoms with Crippen molar-refractivity contribution >= 4 is 0 Å². The highest BCUT2D eigenvalue weighted by Crippen LogP contribution is 2.07. The van der Waals surface area contributed by atoms with Crippen LogP contribution >= 0.6 is 0 Å². The molecule has 0 aromatic heterocycles. The Kier molecular flexibility index (Phi) is 4.65. The highest BCUT2D eigenvalue weighted by Gasteiger charge is 2.22. The summed E-state index contributed by atoms with van der Waals surface area (Å²) in [6.45, 7) is 6.58. The van der Waals surface area contributed by atoms with E-state index in [4.69, 9.17) is 5.11 Å². The first-order valence-corrected chi connectivity index (χ1v) is 4.04. The minimum Gasteiger partial charge on any atom is -0.396 e. The Morgan fingerprint density at radius 2 is 2.00 bits per heavy atom. The SMILES string of the molecule is CC(O)C(C)(C)NCCCO. The summed E-state index contributed by atoms with van der Waals surface area (Å²) in [6, 6.07) is 0. The highest BCUT2D eigenvalue weighted by atomic mass is 16.3. The lowest BCUT2D eigenvalue weighted by Gasteiger charge is -2.29. The van der Waals surface area contributed by atoms with Gasteiger partial charge in [-0.2, -0.15) is 0 Å². The summed E-state index contributed by atoms with van der Waals surface area (Å²) in [4.78, 5) is 0. The lowest BCUT2D eigenvalue weighted by Crippen LogP contribution is -2.48. The number of hydrogen-bond donors (Lipinski definition) is 3. The fourth-order valence-corrected chi connectivity index (χ4v) is 0.637. The van der Waals surface area contributed by atoms with E-state index in [0.29, 0.717) is 0 Å². The molecule has 0 saturated carbocycles. The third-order valence-corrected chi connectivity index (χ3v) is 1.96. The average molecular weight is 161 g/mol. The Morgan fingerprint density at radius 1 is 1.45 bits per heavy atom. The summed E-state index contributed by atoms with van der Waals surface area (Å²) in [5.74, 6) is 0. The van der Waals surface area contributed by atoms with Gasteiger partial charge in [-0.15, -0.1) is 0 Å². The van der Waals surface area contributed by atoms with Gasteiger partial charge in [-0.05, 0) is 33.7 Å². The van der Waals surface area contributed by atoms with E-state index < -0.39 is 0 Å². The van der Waals surface area contributed by atoms with E-state index in [2.05, 4.69) is 5.32 Å². The molecule has 1 atom stereocenters. The lowest BCUT2D eigenvalue weighted by atomic mass is 9.99. The highest BCUT2D eigenvalue weighted by molar-refractivity contribution is 4.82. The van der Waals surface area contributed by atoms with Crippen molar-refractivity contribution in [3.63, 3.8) is 0 Å². The molecule has 0 heterocycles. The molecule has 0 aliphatic carbocycles. The van der Waals surface area contributed by atoms with Gasteiger partial charge in [-0.25, -0.2) is 0 Å². The predicted molar refractivity (Wildman–Crippen MR) is 45.5 cm³/mol. The fourth-order valence-electron chi connectivity index (χ4n) is 0.637. The van der Waals surface area contributed by atoms with Crippen LogP contribution in [0, 0.1) is 0 Å². The van der Waals surface area contributed by atoms with Gasteiger partial charge in [0.05, 0.1) is 6.10 Å². The molecule has 0 aliphatic rings. The molecule has 3 N–H and O–H groups in total. The molecule has 0 fully saturated rings. The van der Waals surface area contributed by atoms with Crippen molar-refractivity contribution in [3.8, 4) is 0 Å². The molecule has 0 rings (SSSR count). The smallest absolute Gasteiger partial charge is 0.0688 e. The van der Waals surface area contributed by atoms with E-state index in [0.717, 1.165) is 13.0 Å². The van der Waals surface area contributed by atoms with Gasteiger partial charge >= 0.3 is 0 Å². The average Bonchev–Trinajstić information content (AvgIpc) is 1.88. The van der Waals surface area contributed by atoms with E-state index >= 15 is 0 Å². The molecule has 0 radical (unpaired) electrons. The van der Waals surface area contributed by atoms with Gasteiger partial charge in [-0.1, -0.05) is 0 Å². The maximum atomic E-state index is 9.25. The molecule has 0 spiro atoms. The third kappa shape index (κ3) is 4.35. The Hall–Kier alpha value is -0.120. The van der Waals surface area contributed by atoms with Crippen LogP contribution in [0.15, 0.2) is 0 Å². The second-order valence-electron chi connectivity index (χ2n) is 3.40. The summed E-state index contributed by atoms with van der Waals surface area (Å²) in [5.41, 5.74) is -0.255. The van der Waals surface area contributed by atoms with Gasteiger partial charge in [0.25, 0.3) is 0 Å². The molecular weight excluding hydrogens is 142 g/mol. The van der Waals surface area contributed by atoms with Gasteiger partial charge in [0.1, 0.15) is 0 Å². The summed E-state index contributed by atoms with van der Waals surface area (Å²) < 4.78 is 0. The van der Waals surface area contributed by atoms with Crippen molar-refractivity contribution in [1.29, 1.82) is 0 Å². The van der Waals surface area contributed by atoms with Gasteiger partial charge < -0.3 is 15.5 Å².